The Kier molecular flexibility index (Phi) is 4.83. The highest BCUT2D eigenvalue weighted by atomic mass is 32.2. The van der Waals surface area contributed by atoms with Crippen LogP contribution < -0.4 is 0 Å². The fourth-order valence-electron chi connectivity index (χ4n) is 4.76. The second kappa shape index (κ2) is 5.92. The molecule has 0 aromatic carbocycles. The molecule has 4 heteroatoms. The van der Waals surface area contributed by atoms with Crippen molar-refractivity contribution in [3.05, 3.63) is 0 Å². The first kappa shape index (κ1) is 18.0. The highest BCUT2D eigenvalue weighted by Gasteiger charge is 2.52. The second-order valence-corrected chi connectivity index (χ2v) is 11.8. The van der Waals surface area contributed by atoms with Gasteiger partial charge in [-0.15, -0.1) is 0 Å². The van der Waals surface area contributed by atoms with E-state index in [1.165, 1.54) is 0 Å². The van der Waals surface area contributed by atoms with E-state index in [0.29, 0.717) is 23.4 Å². The molecule has 3 nitrogen and oxygen atoms in total. The Bertz CT molecular complexity index is 532. The lowest BCUT2D eigenvalue weighted by atomic mass is 9.62. The van der Waals surface area contributed by atoms with Crippen molar-refractivity contribution in [1.82, 2.24) is 0 Å². The van der Waals surface area contributed by atoms with Crippen molar-refractivity contribution in [2.75, 3.05) is 5.75 Å². The standard InChI is InChI=1S/C18H33NO2S/c1-13(10-12-22(19,21)17(2,3)4)14-8-9-15-16(20)7-6-11-18(14,15)5/h13-15,19H,6-12H2,1-5H3/t13-,14?,15+,18-,22+/m1/s1. The van der Waals surface area contributed by atoms with Gasteiger partial charge in [0.05, 0.1) is 0 Å². The van der Waals surface area contributed by atoms with Gasteiger partial charge in [-0.25, -0.2) is 4.21 Å². The maximum absolute atomic E-state index is 12.6. The van der Waals surface area contributed by atoms with Crippen LogP contribution in [0.15, 0.2) is 0 Å². The average molecular weight is 328 g/mol. The molecular weight excluding hydrogens is 294 g/mol. The van der Waals surface area contributed by atoms with E-state index in [2.05, 4.69) is 13.8 Å². The molecule has 0 aliphatic heterocycles. The van der Waals surface area contributed by atoms with Gasteiger partial charge in [0.1, 0.15) is 5.78 Å². The molecule has 0 bridgehead atoms. The number of hydrogen-bond donors (Lipinski definition) is 1. The van der Waals surface area contributed by atoms with Crippen LogP contribution in [-0.2, 0) is 14.5 Å². The molecule has 2 aliphatic rings. The lowest BCUT2D eigenvalue weighted by Gasteiger charge is -2.42. The Morgan fingerprint density at radius 1 is 1.36 bits per heavy atom. The molecular formula is C18H33NO2S. The monoisotopic (exact) mass is 327 g/mol. The molecule has 0 spiro atoms. The highest BCUT2D eigenvalue weighted by molar-refractivity contribution is 7.93. The van der Waals surface area contributed by atoms with Gasteiger partial charge < -0.3 is 0 Å². The summed E-state index contributed by atoms with van der Waals surface area (Å²) in [5.74, 6) is 2.23. The highest BCUT2D eigenvalue weighted by Crippen LogP contribution is 2.57. The third-order valence-corrected chi connectivity index (χ3v) is 9.26. The first-order chi connectivity index (χ1) is 9.99. The van der Waals surface area contributed by atoms with E-state index >= 15 is 0 Å². The predicted molar refractivity (Wildman–Crippen MR) is 92.4 cm³/mol. The molecule has 0 aromatic rings. The number of carbonyl (C=O) groups excluding carboxylic acids is 1. The van der Waals surface area contributed by atoms with Crippen LogP contribution in [0.3, 0.4) is 0 Å². The van der Waals surface area contributed by atoms with E-state index in [0.717, 1.165) is 38.5 Å². The van der Waals surface area contributed by atoms with Crippen LogP contribution in [0.4, 0.5) is 0 Å². The maximum Gasteiger partial charge on any atom is 0.136 e. The minimum Gasteiger partial charge on any atom is -0.299 e. The molecule has 128 valence electrons. The second-order valence-electron chi connectivity index (χ2n) is 8.82. The van der Waals surface area contributed by atoms with E-state index in [1.54, 1.807) is 0 Å². The lowest BCUT2D eigenvalue weighted by molar-refractivity contribution is -0.130. The molecule has 0 heterocycles. The zero-order chi connectivity index (χ0) is 16.8. The summed E-state index contributed by atoms with van der Waals surface area (Å²) in [6.07, 6.45) is 5.98. The van der Waals surface area contributed by atoms with E-state index in [-0.39, 0.29) is 11.3 Å². The third kappa shape index (κ3) is 3.13. The quantitative estimate of drug-likeness (QED) is 0.817. The van der Waals surface area contributed by atoms with Gasteiger partial charge in [-0.05, 0) is 70.1 Å². The van der Waals surface area contributed by atoms with Crippen molar-refractivity contribution in [1.29, 1.82) is 4.78 Å². The summed E-state index contributed by atoms with van der Waals surface area (Å²) in [5, 5.41) is 0. The molecule has 2 rings (SSSR count). The van der Waals surface area contributed by atoms with E-state index in [4.69, 9.17) is 4.78 Å². The van der Waals surface area contributed by atoms with Gasteiger partial charge >= 0.3 is 0 Å². The number of fused-ring (bicyclic) bond motifs is 1. The number of rotatable bonds is 4. The van der Waals surface area contributed by atoms with E-state index < -0.39 is 14.5 Å². The fourth-order valence-corrected chi connectivity index (χ4v) is 6.08. The van der Waals surface area contributed by atoms with Crippen LogP contribution in [-0.4, -0.2) is 20.5 Å². The average Bonchev–Trinajstić information content (AvgIpc) is 2.73. The SMILES string of the molecule is C[C@H](CC[S@](=N)(=O)C(C)(C)C)C1CC[C@H]2C(=O)CCC[C@]12C. The largest absolute Gasteiger partial charge is 0.299 e. The number of carbonyl (C=O) groups is 1. The summed E-state index contributed by atoms with van der Waals surface area (Å²) in [7, 11) is -2.55. The molecule has 5 atom stereocenters. The predicted octanol–water partition coefficient (Wildman–Crippen LogP) is 4.64. The topological polar surface area (TPSA) is 58.0 Å². The molecule has 1 unspecified atom stereocenters. The Morgan fingerprint density at radius 3 is 2.59 bits per heavy atom. The zero-order valence-corrected chi connectivity index (χ0v) is 15.7. The number of Topliss-reactive ketones (excluding diaryl/α,β-unsaturated/α-hetero) is 1. The fraction of sp³-hybridized carbons (Fsp3) is 0.944. The Labute approximate surface area is 136 Å². The summed E-state index contributed by atoms with van der Waals surface area (Å²) in [5.41, 5.74) is 0.152. The number of hydrogen-bond acceptors (Lipinski definition) is 3. The van der Waals surface area contributed by atoms with Gasteiger partial charge in [0.15, 0.2) is 0 Å². The Balaban J connectivity index is 2.05. The minimum absolute atomic E-state index is 0.152. The molecule has 0 aromatic heterocycles. The Hall–Kier alpha value is -0.380. The summed E-state index contributed by atoms with van der Waals surface area (Å²) in [6.45, 7) is 10.3. The van der Waals surface area contributed by atoms with Gasteiger partial charge in [-0.3, -0.25) is 9.57 Å². The van der Waals surface area contributed by atoms with Crippen molar-refractivity contribution in [3.63, 3.8) is 0 Å². The molecule has 2 aliphatic carbocycles. The molecule has 2 saturated carbocycles. The maximum atomic E-state index is 12.6. The van der Waals surface area contributed by atoms with Crippen LogP contribution in [0, 0.1) is 27.9 Å². The number of nitrogens with one attached hydrogen (secondary N) is 1. The number of ketones is 1. The van der Waals surface area contributed by atoms with Crippen LogP contribution in [0.5, 0.6) is 0 Å². The normalized spacial score (nSPS) is 36.7. The van der Waals surface area contributed by atoms with Crippen LogP contribution in [0.25, 0.3) is 0 Å². The summed E-state index contributed by atoms with van der Waals surface area (Å²) >= 11 is 0. The van der Waals surface area contributed by atoms with Gasteiger partial charge in [0, 0.05) is 32.6 Å². The molecule has 0 radical (unpaired) electrons. The molecule has 22 heavy (non-hydrogen) atoms. The van der Waals surface area contributed by atoms with Gasteiger partial charge in [0.2, 0.25) is 0 Å². The van der Waals surface area contributed by atoms with Crippen molar-refractivity contribution in [2.45, 2.75) is 77.9 Å². The van der Waals surface area contributed by atoms with Crippen LogP contribution in [0.1, 0.15) is 73.1 Å². The van der Waals surface area contributed by atoms with E-state index in [1.807, 2.05) is 20.8 Å². The first-order valence-corrected chi connectivity index (χ1v) is 10.5. The zero-order valence-electron chi connectivity index (χ0n) is 14.9. The van der Waals surface area contributed by atoms with E-state index in [9.17, 15) is 9.00 Å². The van der Waals surface area contributed by atoms with Gasteiger partial charge in [-0.1, -0.05) is 13.8 Å². The van der Waals surface area contributed by atoms with Crippen molar-refractivity contribution in [2.24, 2.45) is 23.2 Å². The molecule has 2 fully saturated rings. The third-order valence-electron chi connectivity index (χ3n) is 6.47. The van der Waals surface area contributed by atoms with Crippen LogP contribution >= 0.6 is 0 Å². The molecule has 1 N–H and O–H groups in total. The lowest BCUT2D eigenvalue weighted by Crippen LogP contribution is -2.40. The Morgan fingerprint density at radius 2 is 2.00 bits per heavy atom. The van der Waals surface area contributed by atoms with Crippen molar-refractivity contribution in [3.8, 4) is 0 Å². The smallest absolute Gasteiger partial charge is 0.136 e. The first-order valence-electron chi connectivity index (χ1n) is 8.78. The molecule has 0 saturated heterocycles. The minimum atomic E-state index is -2.55. The summed E-state index contributed by atoms with van der Waals surface area (Å²) in [4.78, 5) is 12.2. The van der Waals surface area contributed by atoms with Crippen LogP contribution in [0.2, 0.25) is 0 Å². The van der Waals surface area contributed by atoms with Crippen molar-refractivity contribution < 1.29 is 9.00 Å². The van der Waals surface area contributed by atoms with Crippen molar-refractivity contribution >= 4 is 15.5 Å². The van der Waals surface area contributed by atoms with Gasteiger partial charge in [0.25, 0.3) is 0 Å². The summed E-state index contributed by atoms with van der Waals surface area (Å²) in [6, 6.07) is 0. The molecule has 0 amide bonds. The summed E-state index contributed by atoms with van der Waals surface area (Å²) < 4.78 is 20.3. The van der Waals surface area contributed by atoms with Gasteiger partial charge in [-0.2, -0.15) is 0 Å².